The van der Waals surface area contributed by atoms with Gasteiger partial charge in [-0.2, -0.15) is 0 Å². The molecule has 1 aromatic heterocycles. The fourth-order valence-corrected chi connectivity index (χ4v) is 6.42. The van der Waals surface area contributed by atoms with Crippen LogP contribution < -0.4 is 10.0 Å². The van der Waals surface area contributed by atoms with E-state index < -0.39 is 10.0 Å². The van der Waals surface area contributed by atoms with Crippen molar-refractivity contribution in [2.24, 2.45) is 28.7 Å². The summed E-state index contributed by atoms with van der Waals surface area (Å²) in [6.45, 7) is 0. The molecule has 6 nitrogen and oxygen atoms in total. The van der Waals surface area contributed by atoms with Gasteiger partial charge in [0.2, 0.25) is 5.96 Å². The highest BCUT2D eigenvalue weighted by Crippen LogP contribution is 2.54. The van der Waals surface area contributed by atoms with Gasteiger partial charge in [-0.1, -0.05) is 0 Å². The van der Waals surface area contributed by atoms with E-state index in [2.05, 4.69) is 15.0 Å². The van der Waals surface area contributed by atoms with Crippen molar-refractivity contribution in [2.75, 3.05) is 5.32 Å². The Morgan fingerprint density at radius 2 is 1.78 bits per heavy atom. The number of sulfonamides is 1. The quantitative estimate of drug-likeness (QED) is 0.823. The highest BCUT2D eigenvalue weighted by Gasteiger charge is 2.48. The number of hydrogen-bond acceptors (Lipinski definition) is 4. The molecule has 2 heterocycles. The van der Waals surface area contributed by atoms with E-state index in [-0.39, 0.29) is 10.9 Å². The Balaban J connectivity index is 1.48. The minimum Gasteiger partial charge on any atom is -0.324 e. The Morgan fingerprint density at radius 1 is 1.09 bits per heavy atom. The lowest BCUT2D eigenvalue weighted by Gasteiger charge is -2.53. The fraction of sp³-hybridized carbons (Fsp3) is 0.625. The zero-order valence-electron chi connectivity index (χ0n) is 12.8. The van der Waals surface area contributed by atoms with Gasteiger partial charge in [-0.3, -0.25) is 4.98 Å². The molecule has 4 bridgehead atoms. The van der Waals surface area contributed by atoms with Crippen LogP contribution in [0.1, 0.15) is 32.1 Å². The fourth-order valence-electron chi connectivity index (χ4n) is 5.35. The maximum absolute atomic E-state index is 12.4. The number of nitrogens with zero attached hydrogens (tertiary/aromatic N) is 2. The molecule has 4 saturated carbocycles. The monoisotopic (exact) mass is 332 g/mol. The molecule has 0 aromatic carbocycles. The van der Waals surface area contributed by atoms with E-state index in [4.69, 9.17) is 4.99 Å². The number of aliphatic imine (C=N–C) groups is 1. The number of rotatable bonds is 1. The van der Waals surface area contributed by atoms with Crippen LogP contribution in [0.4, 0.5) is 5.69 Å². The summed E-state index contributed by atoms with van der Waals surface area (Å²) in [5, 5.41) is 3.13. The molecule has 7 heteroatoms. The van der Waals surface area contributed by atoms with Gasteiger partial charge in [0.25, 0.3) is 10.0 Å². The zero-order valence-corrected chi connectivity index (χ0v) is 13.6. The predicted octanol–water partition coefficient (Wildman–Crippen LogP) is 1.97. The summed E-state index contributed by atoms with van der Waals surface area (Å²) in [7, 11) is -3.57. The molecule has 0 atom stereocenters. The van der Waals surface area contributed by atoms with Gasteiger partial charge in [0, 0.05) is 12.4 Å². The Morgan fingerprint density at radius 3 is 2.48 bits per heavy atom. The molecule has 5 aliphatic rings. The van der Waals surface area contributed by atoms with Crippen LogP contribution in [0.5, 0.6) is 0 Å². The smallest absolute Gasteiger partial charge is 0.267 e. The molecule has 0 radical (unpaired) electrons. The topological polar surface area (TPSA) is 83.5 Å². The molecule has 23 heavy (non-hydrogen) atoms. The van der Waals surface area contributed by atoms with E-state index in [0.717, 1.165) is 11.8 Å². The van der Waals surface area contributed by atoms with Crippen LogP contribution in [-0.2, 0) is 10.0 Å². The summed E-state index contributed by atoms with van der Waals surface area (Å²) in [5.41, 5.74) is 0.557. The third kappa shape index (κ3) is 2.16. The largest absolute Gasteiger partial charge is 0.324 e. The van der Waals surface area contributed by atoms with Gasteiger partial charge in [-0.05, 0) is 61.8 Å². The van der Waals surface area contributed by atoms with Gasteiger partial charge >= 0.3 is 0 Å². The van der Waals surface area contributed by atoms with Gasteiger partial charge in [0.1, 0.15) is 4.90 Å². The average molecular weight is 332 g/mol. The first-order chi connectivity index (χ1) is 11.1. The van der Waals surface area contributed by atoms with E-state index in [1.165, 1.54) is 38.3 Å². The Kier molecular flexibility index (Phi) is 2.81. The molecule has 4 fully saturated rings. The van der Waals surface area contributed by atoms with E-state index in [1.807, 2.05) is 0 Å². The maximum Gasteiger partial charge on any atom is 0.267 e. The number of aromatic nitrogens is 1. The van der Waals surface area contributed by atoms with Crippen molar-refractivity contribution in [3.63, 3.8) is 0 Å². The zero-order chi connectivity index (χ0) is 15.6. The Hall–Kier alpha value is -1.63. The third-order valence-electron chi connectivity index (χ3n) is 6.01. The first-order valence-corrected chi connectivity index (χ1v) is 9.88. The van der Waals surface area contributed by atoms with Gasteiger partial charge in [0.05, 0.1) is 11.7 Å². The van der Waals surface area contributed by atoms with Crippen molar-refractivity contribution in [3.8, 4) is 0 Å². The molecule has 4 aliphatic carbocycles. The van der Waals surface area contributed by atoms with Crippen LogP contribution in [0.2, 0.25) is 0 Å². The summed E-state index contributed by atoms with van der Waals surface area (Å²) in [6, 6.07) is 1.94. The lowest BCUT2D eigenvalue weighted by molar-refractivity contribution is 0.00120. The van der Waals surface area contributed by atoms with Crippen molar-refractivity contribution in [1.82, 2.24) is 9.71 Å². The van der Waals surface area contributed by atoms with Crippen molar-refractivity contribution in [1.29, 1.82) is 0 Å². The van der Waals surface area contributed by atoms with Gasteiger partial charge < -0.3 is 5.32 Å². The number of anilines is 1. The third-order valence-corrected chi connectivity index (χ3v) is 7.38. The highest BCUT2D eigenvalue weighted by atomic mass is 32.2. The van der Waals surface area contributed by atoms with Crippen LogP contribution >= 0.6 is 0 Å². The molecule has 1 aliphatic heterocycles. The molecule has 0 amide bonds. The minimum absolute atomic E-state index is 0.184. The number of fused-ring (bicyclic) bond motifs is 1. The SMILES string of the molecule is O=S1(=O)NC(=NC2C3CC4CC(C3)CC2C4)Nc2ccncc21. The Labute approximate surface area is 135 Å². The van der Waals surface area contributed by atoms with Crippen molar-refractivity contribution < 1.29 is 8.42 Å². The van der Waals surface area contributed by atoms with E-state index >= 15 is 0 Å². The lowest BCUT2D eigenvalue weighted by Crippen LogP contribution is -2.49. The van der Waals surface area contributed by atoms with E-state index in [9.17, 15) is 8.42 Å². The first-order valence-electron chi connectivity index (χ1n) is 8.40. The first kappa shape index (κ1) is 13.8. The number of hydrogen-bond donors (Lipinski definition) is 2. The van der Waals surface area contributed by atoms with Gasteiger partial charge in [-0.15, -0.1) is 0 Å². The minimum atomic E-state index is -3.57. The number of guanidine groups is 1. The summed E-state index contributed by atoms with van der Waals surface area (Å²) >= 11 is 0. The van der Waals surface area contributed by atoms with Crippen LogP contribution in [0.25, 0.3) is 0 Å². The summed E-state index contributed by atoms with van der Waals surface area (Å²) in [4.78, 5) is 8.90. The molecular formula is C16H20N4O2S. The average Bonchev–Trinajstić information content (AvgIpc) is 2.50. The van der Waals surface area contributed by atoms with Gasteiger partial charge in [0.15, 0.2) is 0 Å². The summed E-state index contributed by atoms with van der Waals surface area (Å²) in [5.74, 6) is 3.41. The molecule has 0 unspecified atom stereocenters. The van der Waals surface area contributed by atoms with Crippen molar-refractivity contribution in [2.45, 2.75) is 43.0 Å². The summed E-state index contributed by atoms with van der Waals surface area (Å²) < 4.78 is 27.3. The standard InChI is InChI=1S/C16H20N4O2S/c21-23(22)14-8-17-2-1-13(14)18-16(20-23)19-15-11-4-9-3-10(6-11)7-12(15)5-9/h1-2,8-12,15H,3-7H2,(H2,18,19,20). The van der Waals surface area contributed by atoms with E-state index in [0.29, 0.717) is 23.5 Å². The normalized spacial score (nSPS) is 41.2. The van der Waals surface area contributed by atoms with Crippen LogP contribution in [0.15, 0.2) is 28.3 Å². The second-order valence-electron chi connectivity index (χ2n) is 7.50. The molecule has 2 N–H and O–H groups in total. The van der Waals surface area contributed by atoms with Crippen LogP contribution in [0, 0.1) is 23.7 Å². The second-order valence-corrected chi connectivity index (χ2v) is 9.15. The molecule has 6 rings (SSSR count). The van der Waals surface area contributed by atoms with E-state index in [1.54, 1.807) is 12.3 Å². The van der Waals surface area contributed by atoms with Crippen molar-refractivity contribution in [3.05, 3.63) is 18.5 Å². The Bertz CT molecular complexity index is 761. The van der Waals surface area contributed by atoms with Gasteiger partial charge in [-0.25, -0.2) is 18.1 Å². The molecular weight excluding hydrogens is 312 g/mol. The number of pyridine rings is 1. The maximum atomic E-state index is 12.4. The summed E-state index contributed by atoms with van der Waals surface area (Å²) in [6.07, 6.45) is 9.42. The van der Waals surface area contributed by atoms with Crippen LogP contribution in [0.3, 0.4) is 0 Å². The lowest BCUT2D eigenvalue weighted by atomic mass is 9.54. The molecule has 0 saturated heterocycles. The molecule has 0 spiro atoms. The second kappa shape index (κ2) is 4.69. The van der Waals surface area contributed by atoms with Crippen LogP contribution in [-0.4, -0.2) is 25.4 Å². The molecule has 122 valence electrons. The highest BCUT2D eigenvalue weighted by molar-refractivity contribution is 7.90. The molecule has 1 aromatic rings. The number of nitrogens with one attached hydrogen (secondary N) is 2. The van der Waals surface area contributed by atoms with Crippen molar-refractivity contribution >= 4 is 21.7 Å². The predicted molar refractivity (Wildman–Crippen MR) is 86.4 cm³/mol.